The number of aliphatic hydroxyl groups is 1. The first-order valence-corrected chi connectivity index (χ1v) is 8.67. The number of aliphatic hydroxyl groups excluding tert-OH is 1. The molecule has 0 radical (unpaired) electrons. The lowest BCUT2D eigenvalue weighted by Gasteiger charge is -2.43. The molecule has 1 amide bonds. The lowest BCUT2D eigenvalue weighted by Crippen LogP contribution is -2.57. The van der Waals surface area contributed by atoms with Gasteiger partial charge in [-0.05, 0) is 25.3 Å². The van der Waals surface area contributed by atoms with E-state index < -0.39 is 17.5 Å². The minimum Gasteiger partial charge on any atom is -0.481 e. The SMILES string of the molecule is Cc1nc(N)ncc1C(=O)N1CC[C@](Cc2ccccc2)(C(=O)O)[C@@H](O)C1. The third kappa shape index (κ3) is 3.61. The van der Waals surface area contributed by atoms with E-state index >= 15 is 0 Å². The summed E-state index contributed by atoms with van der Waals surface area (Å²) in [5.74, 6) is -1.32. The van der Waals surface area contributed by atoms with Crippen molar-refractivity contribution in [3.8, 4) is 0 Å². The number of hydrogen-bond donors (Lipinski definition) is 3. The summed E-state index contributed by atoms with van der Waals surface area (Å²) in [5.41, 5.74) is 5.76. The molecule has 4 N–H and O–H groups in total. The molecule has 1 aromatic heterocycles. The number of aryl methyl sites for hydroxylation is 1. The maximum atomic E-state index is 12.8. The first kappa shape index (κ1) is 18.8. The van der Waals surface area contributed by atoms with Crippen LogP contribution >= 0.6 is 0 Å². The number of hydrogen-bond acceptors (Lipinski definition) is 6. The van der Waals surface area contributed by atoms with Gasteiger partial charge in [-0.1, -0.05) is 30.3 Å². The van der Waals surface area contributed by atoms with E-state index in [1.807, 2.05) is 30.3 Å². The molecule has 3 rings (SSSR count). The Morgan fingerprint density at radius 2 is 2.04 bits per heavy atom. The van der Waals surface area contributed by atoms with E-state index in [4.69, 9.17) is 5.73 Å². The number of carbonyl (C=O) groups is 2. The van der Waals surface area contributed by atoms with Crippen molar-refractivity contribution in [2.45, 2.75) is 25.9 Å². The Labute approximate surface area is 156 Å². The number of aromatic nitrogens is 2. The molecule has 0 spiro atoms. The summed E-state index contributed by atoms with van der Waals surface area (Å²) in [6.07, 6.45) is 0.521. The van der Waals surface area contributed by atoms with Crippen LogP contribution in [0.3, 0.4) is 0 Å². The third-order valence-corrected chi connectivity index (χ3v) is 5.16. The van der Waals surface area contributed by atoms with Crippen LogP contribution in [0.2, 0.25) is 0 Å². The Bertz CT molecular complexity index is 858. The molecule has 0 unspecified atom stereocenters. The predicted molar refractivity (Wildman–Crippen MR) is 97.9 cm³/mol. The zero-order valence-corrected chi connectivity index (χ0v) is 15.0. The number of nitrogens with two attached hydrogens (primary N) is 1. The first-order valence-electron chi connectivity index (χ1n) is 8.67. The molecule has 27 heavy (non-hydrogen) atoms. The summed E-state index contributed by atoms with van der Waals surface area (Å²) < 4.78 is 0. The van der Waals surface area contributed by atoms with Gasteiger partial charge in [0.15, 0.2) is 0 Å². The van der Waals surface area contributed by atoms with Gasteiger partial charge in [0.1, 0.15) is 5.41 Å². The molecule has 0 bridgehead atoms. The van der Waals surface area contributed by atoms with Crippen molar-refractivity contribution in [2.24, 2.45) is 5.41 Å². The molecule has 0 saturated carbocycles. The molecule has 142 valence electrons. The van der Waals surface area contributed by atoms with Crippen LogP contribution in [0.1, 0.15) is 28.0 Å². The van der Waals surface area contributed by atoms with Gasteiger partial charge in [0, 0.05) is 19.3 Å². The average molecular weight is 370 g/mol. The summed E-state index contributed by atoms with van der Waals surface area (Å²) >= 11 is 0. The molecule has 1 aliphatic heterocycles. The van der Waals surface area contributed by atoms with Crippen molar-refractivity contribution >= 4 is 17.8 Å². The molecule has 1 aromatic carbocycles. The number of carbonyl (C=O) groups excluding carboxylic acids is 1. The van der Waals surface area contributed by atoms with E-state index in [2.05, 4.69) is 9.97 Å². The van der Waals surface area contributed by atoms with Gasteiger partial charge in [-0.15, -0.1) is 0 Å². The molecule has 8 nitrogen and oxygen atoms in total. The molecule has 2 heterocycles. The maximum Gasteiger partial charge on any atom is 0.312 e. The second-order valence-corrected chi connectivity index (χ2v) is 6.87. The lowest BCUT2D eigenvalue weighted by atomic mass is 9.71. The lowest BCUT2D eigenvalue weighted by molar-refractivity contribution is -0.161. The highest BCUT2D eigenvalue weighted by Crippen LogP contribution is 2.36. The number of nitrogens with zero attached hydrogens (tertiary/aromatic N) is 3. The van der Waals surface area contributed by atoms with E-state index in [9.17, 15) is 19.8 Å². The van der Waals surface area contributed by atoms with Crippen LogP contribution in [0.15, 0.2) is 36.5 Å². The van der Waals surface area contributed by atoms with Crippen LogP contribution in [0.5, 0.6) is 0 Å². The Kier molecular flexibility index (Phi) is 5.09. The molecule has 2 aromatic rings. The molecule has 1 saturated heterocycles. The van der Waals surface area contributed by atoms with Crippen molar-refractivity contribution < 1.29 is 19.8 Å². The minimum absolute atomic E-state index is 0.0677. The second-order valence-electron chi connectivity index (χ2n) is 6.87. The van der Waals surface area contributed by atoms with Crippen LogP contribution in [0.4, 0.5) is 5.95 Å². The molecule has 0 aliphatic carbocycles. The summed E-state index contributed by atoms with van der Waals surface area (Å²) in [6.45, 7) is 1.81. The van der Waals surface area contributed by atoms with Gasteiger partial charge in [-0.3, -0.25) is 9.59 Å². The fourth-order valence-corrected chi connectivity index (χ4v) is 3.52. The smallest absolute Gasteiger partial charge is 0.312 e. The number of carboxylic acids is 1. The molecule has 2 atom stereocenters. The molecule has 1 fully saturated rings. The van der Waals surface area contributed by atoms with E-state index in [1.165, 1.54) is 11.1 Å². The average Bonchev–Trinajstić information content (AvgIpc) is 2.63. The van der Waals surface area contributed by atoms with Crippen molar-refractivity contribution in [1.29, 1.82) is 0 Å². The highest BCUT2D eigenvalue weighted by molar-refractivity contribution is 5.95. The number of anilines is 1. The van der Waals surface area contributed by atoms with Gasteiger partial charge in [-0.2, -0.15) is 0 Å². The standard InChI is InChI=1S/C19H22N4O4/c1-12-14(10-21-18(20)22-12)16(25)23-8-7-19(17(26)27,15(24)11-23)9-13-5-3-2-4-6-13/h2-6,10,15,24H,7-9,11H2,1H3,(H,26,27)(H2,20,21,22)/t15-,19+/m0/s1. The third-order valence-electron chi connectivity index (χ3n) is 5.16. The Hall–Kier alpha value is -3.00. The van der Waals surface area contributed by atoms with Crippen molar-refractivity contribution in [3.63, 3.8) is 0 Å². The fraction of sp³-hybridized carbons (Fsp3) is 0.368. The van der Waals surface area contributed by atoms with Crippen LogP contribution in [-0.4, -0.2) is 56.2 Å². The van der Waals surface area contributed by atoms with E-state index in [-0.39, 0.29) is 37.8 Å². The summed E-state index contributed by atoms with van der Waals surface area (Å²) in [6, 6.07) is 9.19. The van der Waals surface area contributed by atoms with Gasteiger partial charge in [-0.25, -0.2) is 9.97 Å². The van der Waals surface area contributed by atoms with Gasteiger partial charge in [0.2, 0.25) is 5.95 Å². The zero-order chi connectivity index (χ0) is 19.6. The summed E-state index contributed by atoms with van der Waals surface area (Å²) in [7, 11) is 0. The summed E-state index contributed by atoms with van der Waals surface area (Å²) in [4.78, 5) is 34.1. The van der Waals surface area contributed by atoms with Gasteiger partial charge < -0.3 is 20.8 Å². The largest absolute Gasteiger partial charge is 0.481 e. The normalized spacial score (nSPS) is 22.4. The van der Waals surface area contributed by atoms with E-state index in [0.717, 1.165) is 5.56 Å². The Morgan fingerprint density at radius 1 is 1.33 bits per heavy atom. The number of rotatable bonds is 4. The summed E-state index contributed by atoms with van der Waals surface area (Å²) in [5, 5.41) is 20.5. The number of carboxylic acid groups (broad SMARTS) is 1. The van der Waals surface area contributed by atoms with Crippen molar-refractivity contribution in [2.75, 3.05) is 18.8 Å². The van der Waals surface area contributed by atoms with E-state index in [1.54, 1.807) is 6.92 Å². The Morgan fingerprint density at radius 3 is 2.63 bits per heavy atom. The fourth-order valence-electron chi connectivity index (χ4n) is 3.52. The van der Waals surface area contributed by atoms with Crippen LogP contribution in [0.25, 0.3) is 0 Å². The molecule has 1 aliphatic rings. The molecular formula is C19H22N4O4. The number of likely N-dealkylation sites (tertiary alicyclic amines) is 1. The highest BCUT2D eigenvalue weighted by Gasteiger charge is 2.49. The topological polar surface area (TPSA) is 130 Å². The zero-order valence-electron chi connectivity index (χ0n) is 15.0. The number of β-amino-alcohol motifs (C(OH)–C–C–N with tert-alkyl or cyclic N) is 1. The maximum absolute atomic E-state index is 12.8. The number of nitrogen functional groups attached to an aromatic ring is 1. The van der Waals surface area contributed by atoms with Crippen LogP contribution in [0, 0.1) is 12.3 Å². The second kappa shape index (κ2) is 7.32. The quantitative estimate of drug-likeness (QED) is 0.728. The molecular weight excluding hydrogens is 348 g/mol. The van der Waals surface area contributed by atoms with Crippen molar-refractivity contribution in [1.82, 2.24) is 14.9 Å². The number of piperidine rings is 1. The van der Waals surface area contributed by atoms with Gasteiger partial charge in [0.25, 0.3) is 5.91 Å². The monoisotopic (exact) mass is 370 g/mol. The molecule has 8 heteroatoms. The van der Waals surface area contributed by atoms with Crippen LogP contribution < -0.4 is 5.73 Å². The van der Waals surface area contributed by atoms with Gasteiger partial charge in [0.05, 0.1) is 17.4 Å². The van der Waals surface area contributed by atoms with E-state index in [0.29, 0.717) is 11.3 Å². The Balaban J connectivity index is 1.80. The number of amides is 1. The van der Waals surface area contributed by atoms with Crippen molar-refractivity contribution in [3.05, 3.63) is 53.3 Å². The number of benzene rings is 1. The van der Waals surface area contributed by atoms with Crippen LogP contribution in [-0.2, 0) is 11.2 Å². The number of aliphatic carboxylic acids is 1. The van der Waals surface area contributed by atoms with Gasteiger partial charge >= 0.3 is 5.97 Å². The minimum atomic E-state index is -1.33. The predicted octanol–water partition coefficient (Wildman–Crippen LogP) is 0.888. The first-order chi connectivity index (χ1) is 12.8. The highest BCUT2D eigenvalue weighted by atomic mass is 16.4.